The van der Waals surface area contributed by atoms with Gasteiger partial charge in [0.15, 0.2) is 0 Å². The number of hydrogen-bond acceptors (Lipinski definition) is 3. The molecule has 0 atom stereocenters. The Hall–Kier alpha value is -1.53. The molecule has 0 aliphatic carbocycles. The number of rotatable bonds is 2. The predicted octanol–water partition coefficient (Wildman–Crippen LogP) is 2.05. The Balaban J connectivity index is 1.96. The summed E-state index contributed by atoms with van der Waals surface area (Å²) in [7, 11) is 0. The van der Waals surface area contributed by atoms with Gasteiger partial charge in [-0.3, -0.25) is 9.67 Å². The van der Waals surface area contributed by atoms with Crippen molar-refractivity contribution in [2.45, 2.75) is 25.6 Å². The Morgan fingerprint density at radius 3 is 2.88 bits per heavy atom. The molecule has 0 radical (unpaired) electrons. The second kappa shape index (κ2) is 4.15. The first kappa shape index (κ1) is 11.0. The molecule has 0 amide bonds. The maximum atomic E-state index is 12.1. The topological polar surface area (TPSA) is 42.2 Å². The normalized spacial score (nSPS) is 16.3. The summed E-state index contributed by atoms with van der Waals surface area (Å²) in [5.74, 6) is 0.812. The average Bonchev–Trinajstić information content (AvgIpc) is 2.75. The number of aromatic nitrogens is 2. The van der Waals surface area contributed by atoms with Crippen LogP contribution in [0, 0.1) is 0 Å². The lowest BCUT2D eigenvalue weighted by atomic mass is 10.3. The van der Waals surface area contributed by atoms with E-state index in [4.69, 9.17) is 0 Å². The van der Waals surface area contributed by atoms with E-state index in [1.807, 2.05) is 0 Å². The molecule has 88 valence electrons. The summed E-state index contributed by atoms with van der Waals surface area (Å²) in [4.78, 5) is 4.16. The molecule has 0 bridgehead atoms. The van der Waals surface area contributed by atoms with Crippen molar-refractivity contribution >= 4 is 11.5 Å². The molecule has 1 N–H and O–H groups in total. The van der Waals surface area contributed by atoms with Gasteiger partial charge in [-0.1, -0.05) is 0 Å². The molecule has 0 fully saturated rings. The lowest BCUT2D eigenvalue weighted by Gasteiger charge is -2.05. The van der Waals surface area contributed by atoms with Crippen LogP contribution in [-0.4, -0.2) is 28.3 Å². The van der Waals surface area contributed by atoms with Gasteiger partial charge in [-0.2, -0.15) is 18.3 Å². The standard InChI is InChI=1S/C9H11F3N4/c10-9(11,12)6-16-5-7(4-14-16)15-8-2-1-3-13-8/h4-5H,1-3,6H2,(H,13,15). The fraction of sp³-hybridized carbons (Fsp3) is 0.556. The monoisotopic (exact) mass is 232 g/mol. The van der Waals surface area contributed by atoms with Crippen LogP contribution in [0.4, 0.5) is 18.9 Å². The zero-order valence-electron chi connectivity index (χ0n) is 8.46. The highest BCUT2D eigenvalue weighted by atomic mass is 19.4. The van der Waals surface area contributed by atoms with Crippen LogP contribution >= 0.6 is 0 Å². The van der Waals surface area contributed by atoms with E-state index in [1.54, 1.807) is 0 Å². The molecule has 0 aromatic carbocycles. The van der Waals surface area contributed by atoms with Crippen molar-refractivity contribution in [3.05, 3.63) is 12.4 Å². The zero-order valence-corrected chi connectivity index (χ0v) is 8.46. The quantitative estimate of drug-likeness (QED) is 0.847. The van der Waals surface area contributed by atoms with Crippen molar-refractivity contribution < 1.29 is 13.2 Å². The molecule has 0 spiro atoms. The summed E-state index contributed by atoms with van der Waals surface area (Å²) in [6.07, 6.45) is 0.276. The minimum Gasteiger partial charge on any atom is -0.342 e. The van der Waals surface area contributed by atoms with Gasteiger partial charge in [-0.15, -0.1) is 0 Å². The predicted molar refractivity (Wildman–Crippen MR) is 53.4 cm³/mol. The third kappa shape index (κ3) is 2.98. The van der Waals surface area contributed by atoms with Crippen LogP contribution in [-0.2, 0) is 6.54 Å². The van der Waals surface area contributed by atoms with Crippen molar-refractivity contribution in [2.24, 2.45) is 4.99 Å². The molecule has 0 saturated heterocycles. The summed E-state index contributed by atoms with van der Waals surface area (Å²) in [5, 5.41) is 6.57. The van der Waals surface area contributed by atoms with Crippen LogP contribution in [0.3, 0.4) is 0 Å². The molecule has 1 aromatic heterocycles. The summed E-state index contributed by atoms with van der Waals surface area (Å²) in [5.41, 5.74) is 0.546. The molecule has 0 unspecified atom stereocenters. The van der Waals surface area contributed by atoms with Gasteiger partial charge >= 0.3 is 6.18 Å². The van der Waals surface area contributed by atoms with Gasteiger partial charge in [0.1, 0.15) is 12.4 Å². The molecule has 7 heteroatoms. The third-order valence-electron chi connectivity index (χ3n) is 2.14. The van der Waals surface area contributed by atoms with Gasteiger partial charge in [-0.05, 0) is 6.42 Å². The fourth-order valence-corrected chi connectivity index (χ4v) is 1.51. The lowest BCUT2D eigenvalue weighted by molar-refractivity contribution is -0.142. The van der Waals surface area contributed by atoms with Crippen LogP contribution in [0.25, 0.3) is 0 Å². The highest BCUT2D eigenvalue weighted by Gasteiger charge is 2.28. The van der Waals surface area contributed by atoms with E-state index in [2.05, 4.69) is 15.4 Å². The number of hydrogen-bond donors (Lipinski definition) is 1. The second-order valence-corrected chi connectivity index (χ2v) is 3.60. The van der Waals surface area contributed by atoms with E-state index in [9.17, 15) is 13.2 Å². The van der Waals surface area contributed by atoms with Gasteiger partial charge in [0.05, 0.1) is 11.9 Å². The van der Waals surface area contributed by atoms with Crippen LogP contribution in [0.5, 0.6) is 0 Å². The van der Waals surface area contributed by atoms with Gasteiger partial charge in [0.25, 0.3) is 0 Å². The fourth-order valence-electron chi connectivity index (χ4n) is 1.51. The highest BCUT2D eigenvalue weighted by molar-refractivity contribution is 5.96. The highest BCUT2D eigenvalue weighted by Crippen LogP contribution is 2.18. The summed E-state index contributed by atoms with van der Waals surface area (Å²) in [6.45, 7) is -0.291. The summed E-state index contributed by atoms with van der Waals surface area (Å²) >= 11 is 0. The van der Waals surface area contributed by atoms with Crippen molar-refractivity contribution in [3.8, 4) is 0 Å². The number of amidine groups is 1. The van der Waals surface area contributed by atoms with Crippen molar-refractivity contribution in [1.29, 1.82) is 0 Å². The van der Waals surface area contributed by atoms with Gasteiger partial charge in [-0.25, -0.2) is 0 Å². The van der Waals surface area contributed by atoms with Crippen molar-refractivity contribution in [3.63, 3.8) is 0 Å². The van der Waals surface area contributed by atoms with Crippen molar-refractivity contribution in [1.82, 2.24) is 9.78 Å². The number of nitrogens with one attached hydrogen (secondary N) is 1. The smallest absolute Gasteiger partial charge is 0.342 e. The van der Waals surface area contributed by atoms with Crippen molar-refractivity contribution in [2.75, 3.05) is 11.9 Å². The third-order valence-corrected chi connectivity index (χ3v) is 2.14. The Kier molecular flexibility index (Phi) is 2.84. The zero-order chi connectivity index (χ0) is 11.6. The van der Waals surface area contributed by atoms with Crippen LogP contribution < -0.4 is 5.32 Å². The van der Waals surface area contributed by atoms with E-state index >= 15 is 0 Å². The minimum atomic E-state index is -4.24. The first-order valence-electron chi connectivity index (χ1n) is 4.92. The van der Waals surface area contributed by atoms with E-state index < -0.39 is 12.7 Å². The molecule has 1 aliphatic rings. The Labute approximate surface area is 90.2 Å². The van der Waals surface area contributed by atoms with E-state index in [1.165, 1.54) is 12.4 Å². The molecule has 2 rings (SSSR count). The second-order valence-electron chi connectivity index (χ2n) is 3.60. The SMILES string of the molecule is FC(F)(F)Cn1cc(NC2=NCCC2)cn1. The first-order valence-corrected chi connectivity index (χ1v) is 4.92. The Bertz CT molecular complexity index is 394. The van der Waals surface area contributed by atoms with Crippen LogP contribution in [0.15, 0.2) is 17.4 Å². The maximum Gasteiger partial charge on any atom is 0.408 e. The van der Waals surface area contributed by atoms with E-state index in [0.29, 0.717) is 5.69 Å². The minimum absolute atomic E-state index is 0.546. The largest absolute Gasteiger partial charge is 0.408 e. The molecule has 1 aromatic rings. The number of nitrogens with zero attached hydrogens (tertiary/aromatic N) is 3. The Morgan fingerprint density at radius 2 is 2.25 bits per heavy atom. The number of alkyl halides is 3. The first-order chi connectivity index (χ1) is 7.53. The molecule has 1 aliphatic heterocycles. The number of anilines is 1. The number of aliphatic imine (C=N–C) groups is 1. The molecular weight excluding hydrogens is 221 g/mol. The summed E-state index contributed by atoms with van der Waals surface area (Å²) in [6, 6.07) is 0. The molecule has 2 heterocycles. The molecular formula is C9H11F3N4. The van der Waals surface area contributed by atoms with E-state index in [0.717, 1.165) is 29.9 Å². The average molecular weight is 232 g/mol. The number of halogens is 3. The van der Waals surface area contributed by atoms with Crippen LogP contribution in [0.1, 0.15) is 12.8 Å². The summed E-state index contributed by atoms with van der Waals surface area (Å²) < 4.78 is 37.0. The Morgan fingerprint density at radius 1 is 1.44 bits per heavy atom. The van der Waals surface area contributed by atoms with Gasteiger partial charge < -0.3 is 5.32 Å². The molecule has 16 heavy (non-hydrogen) atoms. The maximum absolute atomic E-state index is 12.1. The van der Waals surface area contributed by atoms with Gasteiger partial charge in [0, 0.05) is 19.2 Å². The van der Waals surface area contributed by atoms with E-state index in [-0.39, 0.29) is 0 Å². The van der Waals surface area contributed by atoms with Gasteiger partial charge in [0.2, 0.25) is 0 Å². The van der Waals surface area contributed by atoms with Crippen LogP contribution in [0.2, 0.25) is 0 Å². The molecule has 0 saturated carbocycles. The molecule has 4 nitrogen and oxygen atoms in total. The lowest BCUT2D eigenvalue weighted by Crippen LogP contribution is -2.17.